The van der Waals surface area contributed by atoms with Crippen LogP contribution in [0.4, 0.5) is 4.79 Å². The summed E-state index contributed by atoms with van der Waals surface area (Å²) in [6.45, 7) is 5.99. The number of hydrogen-bond donors (Lipinski definition) is 4. The molecule has 0 radical (unpaired) electrons. The number of carboxylic acids is 1. The number of carbonyl (C=O) groups is 2. The van der Waals surface area contributed by atoms with Gasteiger partial charge in [0.1, 0.15) is 0 Å². The van der Waals surface area contributed by atoms with Gasteiger partial charge in [-0.15, -0.1) is 0 Å². The van der Waals surface area contributed by atoms with Crippen LogP contribution in [0.25, 0.3) is 0 Å². The maximum absolute atomic E-state index is 11.4. The molecule has 0 aliphatic carbocycles. The quantitative estimate of drug-likeness (QED) is 0.522. The van der Waals surface area contributed by atoms with Gasteiger partial charge < -0.3 is 20.8 Å². The molecule has 0 aliphatic heterocycles. The Morgan fingerprint density at radius 1 is 1.22 bits per heavy atom. The maximum Gasteiger partial charge on any atom is 0.314 e. The van der Waals surface area contributed by atoms with Gasteiger partial charge in [-0.2, -0.15) is 0 Å². The number of carboxylic acid groups (broad SMARTS) is 1. The van der Waals surface area contributed by atoms with Crippen molar-refractivity contribution in [2.24, 2.45) is 5.92 Å². The Labute approximate surface area is 108 Å². The SMILES string of the molecule is CCC(CC)CNC(=O)NCC(C)(O)CC(=O)O. The van der Waals surface area contributed by atoms with E-state index in [0.29, 0.717) is 12.5 Å². The Morgan fingerprint density at radius 2 is 1.78 bits per heavy atom. The first-order chi connectivity index (χ1) is 8.30. The van der Waals surface area contributed by atoms with Gasteiger partial charge in [-0.3, -0.25) is 4.79 Å². The fourth-order valence-electron chi connectivity index (χ4n) is 1.54. The second-order valence-corrected chi connectivity index (χ2v) is 4.81. The van der Waals surface area contributed by atoms with E-state index in [1.54, 1.807) is 0 Å². The standard InChI is InChI=1S/C12H24N2O4/c1-4-9(5-2)7-13-11(17)14-8-12(3,18)6-10(15)16/h9,18H,4-8H2,1-3H3,(H,15,16)(H2,13,14,17). The highest BCUT2D eigenvalue weighted by Crippen LogP contribution is 2.07. The van der Waals surface area contributed by atoms with E-state index in [4.69, 9.17) is 5.11 Å². The van der Waals surface area contributed by atoms with E-state index < -0.39 is 18.0 Å². The molecule has 0 rings (SSSR count). The first-order valence-electron chi connectivity index (χ1n) is 6.26. The van der Waals surface area contributed by atoms with E-state index in [0.717, 1.165) is 12.8 Å². The number of nitrogens with one attached hydrogen (secondary N) is 2. The summed E-state index contributed by atoms with van der Waals surface area (Å²) < 4.78 is 0. The smallest absolute Gasteiger partial charge is 0.314 e. The normalized spacial score (nSPS) is 14.1. The minimum Gasteiger partial charge on any atom is -0.481 e. The van der Waals surface area contributed by atoms with Gasteiger partial charge >= 0.3 is 12.0 Å². The third-order valence-electron chi connectivity index (χ3n) is 2.87. The Kier molecular flexibility index (Phi) is 7.35. The van der Waals surface area contributed by atoms with Crippen LogP contribution in [0.1, 0.15) is 40.0 Å². The number of carbonyl (C=O) groups excluding carboxylic acids is 1. The summed E-state index contributed by atoms with van der Waals surface area (Å²) in [7, 11) is 0. The molecule has 0 fully saturated rings. The molecule has 4 N–H and O–H groups in total. The Bertz CT molecular complexity index is 275. The van der Waals surface area contributed by atoms with Crippen molar-refractivity contribution in [3.63, 3.8) is 0 Å². The summed E-state index contributed by atoms with van der Waals surface area (Å²) in [5, 5.41) is 23.4. The molecular formula is C12H24N2O4. The number of amides is 2. The lowest BCUT2D eigenvalue weighted by Crippen LogP contribution is -2.46. The summed E-state index contributed by atoms with van der Waals surface area (Å²) in [5.41, 5.74) is -1.43. The largest absolute Gasteiger partial charge is 0.481 e. The molecule has 0 heterocycles. The summed E-state index contributed by atoms with van der Waals surface area (Å²) in [4.78, 5) is 21.9. The molecule has 0 aliphatic rings. The Morgan fingerprint density at radius 3 is 2.22 bits per heavy atom. The second-order valence-electron chi connectivity index (χ2n) is 4.81. The van der Waals surface area contributed by atoms with Crippen LogP contribution in [0.5, 0.6) is 0 Å². The summed E-state index contributed by atoms with van der Waals surface area (Å²) in [6, 6.07) is -0.382. The first-order valence-corrected chi connectivity index (χ1v) is 6.26. The molecule has 0 bridgehead atoms. The number of aliphatic carboxylic acids is 1. The molecule has 1 atom stereocenters. The van der Waals surface area contributed by atoms with Crippen LogP contribution in [0.15, 0.2) is 0 Å². The van der Waals surface area contributed by atoms with E-state index in [1.165, 1.54) is 6.92 Å². The van der Waals surface area contributed by atoms with Gasteiger partial charge in [-0.1, -0.05) is 26.7 Å². The molecule has 0 aromatic carbocycles. The van der Waals surface area contributed by atoms with Gasteiger partial charge in [0.25, 0.3) is 0 Å². The molecule has 2 amide bonds. The predicted molar refractivity (Wildman–Crippen MR) is 68.4 cm³/mol. The molecule has 0 saturated carbocycles. The van der Waals surface area contributed by atoms with Crippen molar-refractivity contribution in [2.75, 3.05) is 13.1 Å². The Hall–Kier alpha value is -1.30. The molecular weight excluding hydrogens is 236 g/mol. The fraction of sp³-hybridized carbons (Fsp3) is 0.833. The van der Waals surface area contributed by atoms with Gasteiger partial charge in [-0.25, -0.2) is 4.79 Å². The predicted octanol–water partition coefficient (Wildman–Crippen LogP) is 0.948. The van der Waals surface area contributed by atoms with Crippen molar-refractivity contribution in [1.82, 2.24) is 10.6 Å². The summed E-state index contributed by atoms with van der Waals surface area (Å²) in [5.74, 6) is -0.658. The van der Waals surface area contributed by atoms with E-state index in [1.807, 2.05) is 0 Å². The number of hydrogen-bond acceptors (Lipinski definition) is 3. The molecule has 0 aromatic rings. The Balaban J connectivity index is 3.92. The molecule has 1 unspecified atom stereocenters. The van der Waals surface area contributed by atoms with E-state index in [9.17, 15) is 14.7 Å². The van der Waals surface area contributed by atoms with E-state index in [2.05, 4.69) is 24.5 Å². The molecule has 0 saturated heterocycles. The molecule has 106 valence electrons. The zero-order valence-corrected chi connectivity index (χ0v) is 11.3. The van der Waals surface area contributed by atoms with Crippen LogP contribution in [0.3, 0.4) is 0 Å². The highest BCUT2D eigenvalue weighted by molar-refractivity contribution is 5.74. The van der Waals surface area contributed by atoms with Crippen LogP contribution < -0.4 is 10.6 Å². The van der Waals surface area contributed by atoms with Crippen LogP contribution >= 0.6 is 0 Å². The average molecular weight is 260 g/mol. The minimum atomic E-state index is -1.43. The molecule has 18 heavy (non-hydrogen) atoms. The number of rotatable bonds is 8. The maximum atomic E-state index is 11.4. The topological polar surface area (TPSA) is 98.7 Å². The van der Waals surface area contributed by atoms with Gasteiger partial charge in [-0.05, 0) is 12.8 Å². The van der Waals surface area contributed by atoms with Crippen molar-refractivity contribution in [3.8, 4) is 0 Å². The summed E-state index contributed by atoms with van der Waals surface area (Å²) >= 11 is 0. The fourth-order valence-corrected chi connectivity index (χ4v) is 1.54. The number of aliphatic hydroxyl groups is 1. The monoisotopic (exact) mass is 260 g/mol. The molecule has 6 heteroatoms. The van der Waals surface area contributed by atoms with E-state index >= 15 is 0 Å². The van der Waals surface area contributed by atoms with Crippen molar-refractivity contribution in [1.29, 1.82) is 0 Å². The lowest BCUT2D eigenvalue weighted by Gasteiger charge is -2.22. The second kappa shape index (κ2) is 7.92. The van der Waals surface area contributed by atoms with Gasteiger partial charge in [0.05, 0.1) is 12.0 Å². The van der Waals surface area contributed by atoms with Crippen LogP contribution in [-0.4, -0.2) is 40.9 Å². The van der Waals surface area contributed by atoms with Gasteiger partial charge in [0.2, 0.25) is 0 Å². The first kappa shape index (κ1) is 16.7. The van der Waals surface area contributed by atoms with Crippen molar-refractivity contribution < 1.29 is 19.8 Å². The van der Waals surface area contributed by atoms with Crippen molar-refractivity contribution in [2.45, 2.75) is 45.6 Å². The third-order valence-corrected chi connectivity index (χ3v) is 2.87. The zero-order chi connectivity index (χ0) is 14.2. The molecule has 6 nitrogen and oxygen atoms in total. The van der Waals surface area contributed by atoms with Crippen LogP contribution in [0, 0.1) is 5.92 Å². The number of urea groups is 1. The van der Waals surface area contributed by atoms with Crippen LogP contribution in [0.2, 0.25) is 0 Å². The third kappa shape index (κ3) is 7.89. The van der Waals surface area contributed by atoms with Crippen LogP contribution in [-0.2, 0) is 4.79 Å². The zero-order valence-electron chi connectivity index (χ0n) is 11.3. The summed E-state index contributed by atoms with van der Waals surface area (Å²) in [6.07, 6.45) is 1.58. The average Bonchev–Trinajstić information content (AvgIpc) is 2.26. The minimum absolute atomic E-state index is 0.0892. The highest BCUT2D eigenvalue weighted by atomic mass is 16.4. The van der Waals surface area contributed by atoms with E-state index in [-0.39, 0.29) is 12.6 Å². The van der Waals surface area contributed by atoms with Gasteiger partial charge in [0, 0.05) is 13.1 Å². The van der Waals surface area contributed by atoms with Crippen molar-refractivity contribution in [3.05, 3.63) is 0 Å². The van der Waals surface area contributed by atoms with Gasteiger partial charge in [0.15, 0.2) is 0 Å². The van der Waals surface area contributed by atoms with Crippen molar-refractivity contribution >= 4 is 12.0 Å². The highest BCUT2D eigenvalue weighted by Gasteiger charge is 2.24. The molecule has 0 spiro atoms. The molecule has 0 aromatic heterocycles. The lowest BCUT2D eigenvalue weighted by molar-refractivity contribution is -0.141. The lowest BCUT2D eigenvalue weighted by atomic mass is 10.0.